The van der Waals surface area contributed by atoms with Crippen molar-refractivity contribution >= 4 is 21.7 Å². The first-order chi connectivity index (χ1) is 7.61. The highest BCUT2D eigenvalue weighted by molar-refractivity contribution is 9.10. The van der Waals surface area contributed by atoms with Gasteiger partial charge < -0.3 is 10.3 Å². The number of rotatable bonds is 3. The lowest BCUT2D eigenvalue weighted by molar-refractivity contribution is 0.302. The SMILES string of the molecule is CC(C)(C)CC(C)(C)Nc1nc[nH]c(=O)c1Br. The summed E-state index contributed by atoms with van der Waals surface area (Å²) < 4.78 is 0.446. The summed E-state index contributed by atoms with van der Waals surface area (Å²) in [6.07, 6.45) is 2.38. The lowest BCUT2D eigenvalue weighted by Gasteiger charge is -2.33. The van der Waals surface area contributed by atoms with Crippen molar-refractivity contribution in [1.82, 2.24) is 9.97 Å². The van der Waals surface area contributed by atoms with E-state index >= 15 is 0 Å². The molecule has 1 aromatic heterocycles. The molecule has 0 saturated carbocycles. The van der Waals surface area contributed by atoms with Crippen molar-refractivity contribution in [2.45, 2.75) is 46.6 Å². The molecule has 0 saturated heterocycles. The molecule has 0 fully saturated rings. The van der Waals surface area contributed by atoms with Crippen molar-refractivity contribution in [2.24, 2.45) is 5.41 Å². The molecule has 1 heterocycles. The highest BCUT2D eigenvalue weighted by Crippen LogP contribution is 2.30. The Kier molecular flexibility index (Phi) is 4.02. The van der Waals surface area contributed by atoms with E-state index in [1.54, 1.807) is 0 Å². The Bertz CT molecular complexity index is 446. The molecule has 5 heteroatoms. The molecule has 2 N–H and O–H groups in total. The molecule has 0 aliphatic heterocycles. The number of H-pyrrole nitrogens is 1. The van der Waals surface area contributed by atoms with Crippen LogP contribution in [0, 0.1) is 5.41 Å². The van der Waals surface area contributed by atoms with Crippen molar-refractivity contribution < 1.29 is 0 Å². The molecule has 0 spiro atoms. The maximum absolute atomic E-state index is 11.4. The van der Waals surface area contributed by atoms with Gasteiger partial charge in [0, 0.05) is 5.54 Å². The van der Waals surface area contributed by atoms with Crippen molar-refractivity contribution in [2.75, 3.05) is 5.32 Å². The van der Waals surface area contributed by atoms with Crippen molar-refractivity contribution in [3.05, 3.63) is 21.2 Å². The Morgan fingerprint density at radius 3 is 2.47 bits per heavy atom. The Balaban J connectivity index is 2.90. The number of nitrogens with one attached hydrogen (secondary N) is 2. The lowest BCUT2D eigenvalue weighted by atomic mass is 9.82. The second-order valence-corrected chi connectivity index (χ2v) is 6.93. The Morgan fingerprint density at radius 1 is 1.35 bits per heavy atom. The third-order valence-corrected chi connectivity index (χ3v) is 2.96. The Labute approximate surface area is 110 Å². The van der Waals surface area contributed by atoms with E-state index < -0.39 is 0 Å². The fourth-order valence-electron chi connectivity index (χ4n) is 2.16. The molecule has 1 aromatic rings. The normalized spacial score (nSPS) is 12.6. The topological polar surface area (TPSA) is 57.8 Å². The number of nitrogens with zero attached hydrogens (tertiary/aromatic N) is 1. The summed E-state index contributed by atoms with van der Waals surface area (Å²) in [4.78, 5) is 18.1. The molecule has 17 heavy (non-hydrogen) atoms. The van der Waals surface area contributed by atoms with Gasteiger partial charge in [0.1, 0.15) is 10.3 Å². The Hall–Kier alpha value is -0.840. The first-order valence-corrected chi connectivity index (χ1v) is 6.41. The average Bonchev–Trinajstić information content (AvgIpc) is 2.08. The summed E-state index contributed by atoms with van der Waals surface area (Å²) in [5.74, 6) is 0.586. The van der Waals surface area contributed by atoms with Crippen LogP contribution in [-0.4, -0.2) is 15.5 Å². The van der Waals surface area contributed by atoms with Crippen LogP contribution in [0.4, 0.5) is 5.82 Å². The lowest BCUT2D eigenvalue weighted by Crippen LogP contribution is -2.36. The second-order valence-electron chi connectivity index (χ2n) is 6.14. The summed E-state index contributed by atoms with van der Waals surface area (Å²) in [7, 11) is 0. The highest BCUT2D eigenvalue weighted by atomic mass is 79.9. The molecule has 0 aromatic carbocycles. The third-order valence-electron chi connectivity index (χ3n) is 2.23. The van der Waals surface area contributed by atoms with Gasteiger partial charge in [-0.1, -0.05) is 20.8 Å². The quantitative estimate of drug-likeness (QED) is 0.901. The predicted molar refractivity (Wildman–Crippen MR) is 74.3 cm³/mol. The van der Waals surface area contributed by atoms with Gasteiger partial charge in [0.25, 0.3) is 5.56 Å². The van der Waals surface area contributed by atoms with Gasteiger partial charge in [0.15, 0.2) is 0 Å². The van der Waals surface area contributed by atoms with E-state index in [0.717, 1.165) is 6.42 Å². The zero-order valence-electron chi connectivity index (χ0n) is 11.0. The van der Waals surface area contributed by atoms with E-state index in [-0.39, 0.29) is 16.5 Å². The van der Waals surface area contributed by atoms with Gasteiger partial charge in [-0.2, -0.15) is 0 Å². The van der Waals surface area contributed by atoms with Crippen LogP contribution in [0.25, 0.3) is 0 Å². The predicted octanol–water partition coefficient (Wildman–Crippen LogP) is 3.16. The average molecular weight is 302 g/mol. The van der Waals surface area contributed by atoms with Gasteiger partial charge >= 0.3 is 0 Å². The van der Waals surface area contributed by atoms with Gasteiger partial charge in [-0.15, -0.1) is 0 Å². The molecule has 0 atom stereocenters. The standard InChI is InChI=1S/C12H20BrN3O/c1-11(2,3)6-12(4,5)16-9-8(13)10(17)15-7-14-9/h7H,6H2,1-5H3,(H2,14,15,16,17). The van der Waals surface area contributed by atoms with Crippen LogP contribution in [0.5, 0.6) is 0 Å². The zero-order chi connectivity index (χ0) is 13.3. The van der Waals surface area contributed by atoms with E-state index in [1.165, 1.54) is 6.33 Å². The molecule has 0 aliphatic carbocycles. The van der Waals surface area contributed by atoms with Crippen LogP contribution in [-0.2, 0) is 0 Å². The molecule has 0 bridgehead atoms. The summed E-state index contributed by atoms with van der Waals surface area (Å²) in [6.45, 7) is 10.8. The minimum Gasteiger partial charge on any atom is -0.364 e. The van der Waals surface area contributed by atoms with Gasteiger partial charge in [-0.05, 0) is 41.6 Å². The minimum absolute atomic E-state index is 0.123. The fraction of sp³-hybridized carbons (Fsp3) is 0.667. The molecule has 0 amide bonds. The monoisotopic (exact) mass is 301 g/mol. The van der Waals surface area contributed by atoms with Crippen LogP contribution < -0.4 is 10.9 Å². The third kappa shape index (κ3) is 4.50. The zero-order valence-corrected chi connectivity index (χ0v) is 12.6. The second kappa shape index (κ2) is 4.80. The highest BCUT2D eigenvalue weighted by Gasteiger charge is 2.26. The molecular formula is C12H20BrN3O. The molecule has 0 aliphatic rings. The molecule has 0 radical (unpaired) electrons. The van der Waals surface area contributed by atoms with Crippen molar-refractivity contribution in [3.63, 3.8) is 0 Å². The first-order valence-electron chi connectivity index (χ1n) is 5.62. The summed E-state index contributed by atoms with van der Waals surface area (Å²) in [6, 6.07) is 0. The summed E-state index contributed by atoms with van der Waals surface area (Å²) in [5.41, 5.74) is -0.0831. The van der Waals surface area contributed by atoms with Crippen LogP contribution >= 0.6 is 15.9 Å². The van der Waals surface area contributed by atoms with E-state index in [9.17, 15) is 4.79 Å². The van der Waals surface area contributed by atoms with E-state index in [4.69, 9.17) is 0 Å². The van der Waals surface area contributed by atoms with Crippen molar-refractivity contribution in [3.8, 4) is 0 Å². The smallest absolute Gasteiger partial charge is 0.267 e. The van der Waals surface area contributed by atoms with Gasteiger partial charge in [-0.25, -0.2) is 4.98 Å². The van der Waals surface area contributed by atoms with Crippen LogP contribution in [0.3, 0.4) is 0 Å². The number of hydrogen-bond acceptors (Lipinski definition) is 3. The number of aromatic amines is 1. The van der Waals surface area contributed by atoms with Crippen molar-refractivity contribution in [1.29, 1.82) is 0 Å². The number of halogens is 1. The van der Waals surface area contributed by atoms with Gasteiger partial charge in [-0.3, -0.25) is 4.79 Å². The number of aromatic nitrogens is 2. The largest absolute Gasteiger partial charge is 0.364 e. The molecule has 96 valence electrons. The first kappa shape index (κ1) is 14.2. The molecule has 1 rings (SSSR count). The van der Waals surface area contributed by atoms with Crippen LogP contribution in [0.2, 0.25) is 0 Å². The van der Waals surface area contributed by atoms with Gasteiger partial charge in [0.2, 0.25) is 0 Å². The maximum Gasteiger partial charge on any atom is 0.267 e. The number of anilines is 1. The molecule has 4 nitrogen and oxygen atoms in total. The maximum atomic E-state index is 11.4. The van der Waals surface area contributed by atoms with E-state index in [0.29, 0.717) is 10.3 Å². The van der Waals surface area contributed by atoms with Crippen LogP contribution in [0.1, 0.15) is 41.0 Å². The van der Waals surface area contributed by atoms with Gasteiger partial charge in [0.05, 0.1) is 6.33 Å². The Morgan fingerprint density at radius 2 is 1.94 bits per heavy atom. The summed E-state index contributed by atoms with van der Waals surface area (Å²) >= 11 is 3.24. The minimum atomic E-state index is -0.172. The molecular weight excluding hydrogens is 282 g/mol. The summed E-state index contributed by atoms with van der Waals surface area (Å²) in [5, 5.41) is 3.31. The van der Waals surface area contributed by atoms with E-state index in [1.807, 2.05) is 0 Å². The van der Waals surface area contributed by atoms with Crippen LogP contribution in [0.15, 0.2) is 15.6 Å². The fourth-order valence-corrected chi connectivity index (χ4v) is 2.48. The molecule has 0 unspecified atom stereocenters. The van der Waals surface area contributed by atoms with E-state index in [2.05, 4.69) is 65.8 Å². The number of hydrogen-bond donors (Lipinski definition) is 2.